The maximum atomic E-state index is 11.2. The van der Waals surface area contributed by atoms with Crippen LogP contribution in [0.25, 0.3) is 0 Å². The second-order valence-corrected chi connectivity index (χ2v) is 4.77. The summed E-state index contributed by atoms with van der Waals surface area (Å²) in [6, 6.07) is 5.29. The lowest BCUT2D eigenvalue weighted by atomic mass is 10.3. The van der Waals surface area contributed by atoms with E-state index < -0.39 is 15.7 Å². The van der Waals surface area contributed by atoms with E-state index in [2.05, 4.69) is 11.4 Å². The van der Waals surface area contributed by atoms with Gasteiger partial charge in [0, 0.05) is 12.1 Å². The highest BCUT2D eigenvalue weighted by Crippen LogP contribution is 2.27. The minimum absolute atomic E-state index is 0.115. The van der Waals surface area contributed by atoms with Crippen LogP contribution < -0.4 is 5.32 Å². The lowest BCUT2D eigenvalue weighted by Gasteiger charge is -2.07. The molecule has 0 fully saturated rings. The van der Waals surface area contributed by atoms with Crippen molar-refractivity contribution in [3.05, 3.63) is 31.9 Å². The maximum absolute atomic E-state index is 11.2. The van der Waals surface area contributed by atoms with Crippen LogP contribution in [0.5, 0.6) is 0 Å². The average molecular weight is 374 g/mol. The molecule has 0 aliphatic carbocycles. The molecule has 1 amide bonds. The highest BCUT2D eigenvalue weighted by Gasteiger charge is 2.18. The van der Waals surface area contributed by atoms with Gasteiger partial charge in [0.25, 0.3) is 11.6 Å². The van der Waals surface area contributed by atoms with Gasteiger partial charge in [-0.25, -0.2) is 0 Å². The van der Waals surface area contributed by atoms with E-state index in [0.717, 1.165) is 0 Å². The largest absolute Gasteiger partial charge is 0.322 e. The third-order valence-electron chi connectivity index (χ3n) is 1.56. The molecule has 0 unspecified atom stereocenters. The highest BCUT2D eigenvalue weighted by atomic mass is 127. The smallest absolute Gasteiger partial charge is 0.284 e. The number of halogens is 3. The number of hydrogen-bond acceptors (Lipinski definition) is 3. The minimum Gasteiger partial charge on any atom is -0.322 e. The average Bonchev–Trinajstić information content (AvgIpc) is 2.20. The second kappa shape index (κ2) is 5.65. The predicted molar refractivity (Wildman–Crippen MR) is 68.8 cm³/mol. The van der Waals surface area contributed by atoms with Crippen LogP contribution >= 0.6 is 45.8 Å². The van der Waals surface area contributed by atoms with Crippen LogP contribution in [0.15, 0.2) is 12.1 Å². The van der Waals surface area contributed by atoms with E-state index in [4.69, 9.17) is 23.2 Å². The zero-order chi connectivity index (χ0) is 12.3. The van der Waals surface area contributed by atoms with Gasteiger partial charge in [0.05, 0.1) is 10.6 Å². The van der Waals surface area contributed by atoms with E-state index >= 15 is 0 Å². The first kappa shape index (κ1) is 13.5. The molecule has 1 rings (SSSR count). The predicted octanol–water partition coefficient (Wildman–Crippen LogP) is 2.74. The number of nitro groups is 1. The Bertz CT molecular complexity index is 439. The van der Waals surface area contributed by atoms with Gasteiger partial charge in [0.1, 0.15) is 3.57 Å². The third-order valence-corrected chi connectivity index (χ3v) is 3.04. The van der Waals surface area contributed by atoms with Crippen LogP contribution in [-0.2, 0) is 4.79 Å². The summed E-state index contributed by atoms with van der Waals surface area (Å²) < 4.78 is 0.271. The molecular formula is C8H4Cl2IN2O3. The molecule has 0 saturated heterocycles. The van der Waals surface area contributed by atoms with Crippen molar-refractivity contribution in [3.63, 3.8) is 0 Å². The topological polar surface area (TPSA) is 72.2 Å². The van der Waals surface area contributed by atoms with Crippen LogP contribution in [0.1, 0.15) is 0 Å². The Morgan fingerprint density at radius 1 is 1.62 bits per heavy atom. The molecule has 0 bridgehead atoms. The number of carbonyl (C=O) groups is 1. The molecule has 0 aromatic heterocycles. The lowest BCUT2D eigenvalue weighted by Crippen LogP contribution is -2.19. The van der Waals surface area contributed by atoms with Crippen LogP contribution in [0, 0.1) is 19.8 Å². The zero-order valence-electron chi connectivity index (χ0n) is 7.54. The fraction of sp³-hybridized carbons (Fsp3) is 0.125. The number of rotatable bonds is 3. The number of carbonyl (C=O) groups excluding carboxylic acids is 1. The van der Waals surface area contributed by atoms with Crippen molar-refractivity contribution >= 4 is 63.1 Å². The summed E-state index contributed by atoms with van der Waals surface area (Å²) in [4.78, 5) is 20.0. The van der Waals surface area contributed by atoms with Gasteiger partial charge in [-0.05, 0) is 28.7 Å². The number of nitrogens with zero attached hydrogens (tertiary/aromatic N) is 1. The molecule has 85 valence electrons. The number of alkyl halides is 2. The van der Waals surface area contributed by atoms with Gasteiger partial charge in [0.2, 0.25) is 0 Å². The molecule has 5 nitrogen and oxygen atoms in total. The first-order valence-corrected chi connectivity index (χ1v) is 5.82. The number of anilines is 1. The summed E-state index contributed by atoms with van der Waals surface area (Å²) in [5.74, 6) is -0.655. The summed E-state index contributed by atoms with van der Waals surface area (Å²) in [7, 11) is 0. The lowest BCUT2D eigenvalue weighted by molar-refractivity contribution is -0.385. The standard InChI is InChI=1S/C8H4Cl2IN2O3/c9-7(10)8(14)12-4-2-1-3-5(6(4)11)13(15)16/h1,3,7H,(H,12,14). The van der Waals surface area contributed by atoms with E-state index in [1.165, 1.54) is 12.1 Å². The van der Waals surface area contributed by atoms with Gasteiger partial charge in [-0.15, -0.1) is 0 Å². The maximum Gasteiger partial charge on any atom is 0.284 e. The van der Waals surface area contributed by atoms with E-state index in [1.54, 1.807) is 22.6 Å². The van der Waals surface area contributed by atoms with E-state index in [0.29, 0.717) is 0 Å². The van der Waals surface area contributed by atoms with Crippen molar-refractivity contribution in [1.82, 2.24) is 0 Å². The van der Waals surface area contributed by atoms with Gasteiger partial charge in [-0.2, -0.15) is 0 Å². The minimum atomic E-state index is -1.23. The van der Waals surface area contributed by atoms with Gasteiger partial charge in [-0.1, -0.05) is 23.2 Å². The first-order valence-electron chi connectivity index (χ1n) is 3.87. The highest BCUT2D eigenvalue weighted by molar-refractivity contribution is 14.1. The van der Waals surface area contributed by atoms with Crippen LogP contribution in [0.3, 0.4) is 0 Å². The Kier molecular flexibility index (Phi) is 4.75. The van der Waals surface area contributed by atoms with Crippen molar-refractivity contribution in [2.45, 2.75) is 4.84 Å². The van der Waals surface area contributed by atoms with E-state index in [1.807, 2.05) is 0 Å². The van der Waals surface area contributed by atoms with Crippen molar-refractivity contribution in [2.24, 2.45) is 0 Å². The van der Waals surface area contributed by atoms with Crippen LogP contribution in [-0.4, -0.2) is 15.7 Å². The van der Waals surface area contributed by atoms with Crippen molar-refractivity contribution < 1.29 is 9.72 Å². The second-order valence-electron chi connectivity index (χ2n) is 2.60. The van der Waals surface area contributed by atoms with Crippen molar-refractivity contribution in [2.75, 3.05) is 5.32 Å². The number of amides is 1. The molecule has 1 radical (unpaired) electrons. The van der Waals surface area contributed by atoms with E-state index in [9.17, 15) is 14.9 Å². The number of nitro benzene ring substituents is 1. The molecule has 16 heavy (non-hydrogen) atoms. The van der Waals surface area contributed by atoms with Crippen molar-refractivity contribution in [3.8, 4) is 0 Å². The fourth-order valence-corrected chi connectivity index (χ4v) is 1.65. The molecule has 0 atom stereocenters. The summed E-state index contributed by atoms with van der Waals surface area (Å²) in [5.41, 5.74) is 0.0708. The van der Waals surface area contributed by atoms with Gasteiger partial charge in [-0.3, -0.25) is 14.9 Å². The Hall–Kier alpha value is -0.600. The quantitative estimate of drug-likeness (QED) is 0.383. The van der Waals surface area contributed by atoms with Gasteiger partial charge in [0.15, 0.2) is 4.84 Å². The van der Waals surface area contributed by atoms with Crippen LogP contribution in [0.2, 0.25) is 0 Å². The molecule has 0 aliphatic heterocycles. The Balaban J connectivity index is 3.02. The Morgan fingerprint density at radius 3 is 2.75 bits per heavy atom. The molecule has 0 heterocycles. The Labute approximate surface area is 114 Å². The van der Waals surface area contributed by atoms with Crippen LogP contribution in [0.4, 0.5) is 11.4 Å². The monoisotopic (exact) mass is 373 g/mol. The van der Waals surface area contributed by atoms with Crippen molar-refractivity contribution in [1.29, 1.82) is 0 Å². The van der Waals surface area contributed by atoms with E-state index in [-0.39, 0.29) is 14.9 Å². The molecule has 0 saturated carbocycles. The molecule has 8 heteroatoms. The molecule has 0 spiro atoms. The first-order chi connectivity index (χ1) is 7.43. The number of hydrogen-bond donors (Lipinski definition) is 1. The normalized spacial score (nSPS) is 10.2. The summed E-state index contributed by atoms with van der Waals surface area (Å²) >= 11 is 12.4. The fourth-order valence-electron chi connectivity index (χ4n) is 0.878. The molecule has 1 N–H and O–H groups in total. The summed E-state index contributed by atoms with van der Waals surface area (Å²) in [5, 5.41) is 13.0. The summed E-state index contributed by atoms with van der Waals surface area (Å²) in [6.45, 7) is 0. The zero-order valence-corrected chi connectivity index (χ0v) is 11.2. The number of nitrogens with one attached hydrogen (secondary N) is 1. The Morgan fingerprint density at radius 2 is 2.25 bits per heavy atom. The molecule has 1 aromatic carbocycles. The summed E-state index contributed by atoms with van der Waals surface area (Å²) in [6.07, 6.45) is 0. The molecule has 1 aromatic rings. The van der Waals surface area contributed by atoms with Gasteiger partial charge >= 0.3 is 0 Å². The molecular weight excluding hydrogens is 370 g/mol. The third kappa shape index (κ3) is 3.19. The van der Waals surface area contributed by atoms with Gasteiger partial charge < -0.3 is 5.32 Å². The molecule has 0 aliphatic rings. The number of benzene rings is 1. The SMILES string of the molecule is O=C(Nc1[c]ccc([N+](=O)[O-])c1I)C(Cl)Cl.